The third-order valence-corrected chi connectivity index (χ3v) is 6.22. The van der Waals surface area contributed by atoms with Crippen molar-refractivity contribution in [2.75, 3.05) is 12.4 Å². The monoisotopic (exact) mass is 460 g/mol. The van der Waals surface area contributed by atoms with Crippen LogP contribution in [0.2, 0.25) is 5.02 Å². The van der Waals surface area contributed by atoms with Gasteiger partial charge in [0.15, 0.2) is 0 Å². The lowest BCUT2D eigenvalue weighted by Gasteiger charge is -2.39. The summed E-state index contributed by atoms with van der Waals surface area (Å²) < 4.78 is 27.4. The van der Waals surface area contributed by atoms with Crippen LogP contribution < -0.4 is 14.8 Å². The lowest BCUT2D eigenvalue weighted by atomic mass is 9.84. The number of ether oxygens (including phenoxy) is 2. The van der Waals surface area contributed by atoms with Gasteiger partial charge >= 0.3 is 0 Å². The summed E-state index contributed by atoms with van der Waals surface area (Å²) >= 11 is 6.35. The molecule has 0 fully saturated rings. The Morgan fingerprint density at radius 1 is 1.03 bits per heavy atom. The molecular formula is C25H18ClFN4O2. The van der Waals surface area contributed by atoms with E-state index in [0.717, 1.165) is 33.7 Å². The fourth-order valence-corrected chi connectivity index (χ4v) is 4.63. The van der Waals surface area contributed by atoms with Gasteiger partial charge in [0.05, 0.1) is 12.8 Å². The average molecular weight is 461 g/mol. The molecule has 0 amide bonds. The second-order valence-corrected chi connectivity index (χ2v) is 8.29. The van der Waals surface area contributed by atoms with E-state index < -0.39 is 6.10 Å². The lowest BCUT2D eigenvalue weighted by Crippen LogP contribution is -2.32. The van der Waals surface area contributed by atoms with E-state index >= 15 is 0 Å². The largest absolute Gasteiger partial charge is 0.497 e. The number of halogens is 2. The Labute approximate surface area is 194 Å². The molecule has 0 bridgehead atoms. The van der Waals surface area contributed by atoms with Gasteiger partial charge in [-0.3, -0.25) is 0 Å². The van der Waals surface area contributed by atoms with Crippen LogP contribution in [-0.2, 0) is 0 Å². The summed E-state index contributed by atoms with van der Waals surface area (Å²) in [5.74, 6) is 1.75. The second-order valence-electron chi connectivity index (χ2n) is 7.85. The summed E-state index contributed by atoms with van der Waals surface area (Å²) in [4.78, 5) is 4.40. The predicted molar refractivity (Wildman–Crippen MR) is 123 cm³/mol. The number of anilines is 1. The molecule has 164 valence electrons. The molecule has 3 heterocycles. The minimum Gasteiger partial charge on any atom is -0.497 e. The van der Waals surface area contributed by atoms with E-state index in [-0.39, 0.29) is 11.9 Å². The maximum absolute atomic E-state index is 13.8. The smallest absolute Gasteiger partial charge is 0.226 e. The number of methoxy groups -OCH3 is 1. The van der Waals surface area contributed by atoms with Crippen LogP contribution in [0.5, 0.6) is 11.5 Å². The molecule has 33 heavy (non-hydrogen) atoms. The van der Waals surface area contributed by atoms with Crippen LogP contribution in [0.4, 0.5) is 10.3 Å². The van der Waals surface area contributed by atoms with E-state index in [0.29, 0.717) is 16.7 Å². The zero-order valence-electron chi connectivity index (χ0n) is 17.5. The topological polar surface area (TPSA) is 61.2 Å². The molecule has 6 rings (SSSR count). The Bertz CT molecular complexity index is 1380. The highest BCUT2D eigenvalue weighted by molar-refractivity contribution is 6.30. The number of aromatic nitrogens is 3. The highest BCUT2D eigenvalue weighted by atomic mass is 35.5. The van der Waals surface area contributed by atoms with Crippen molar-refractivity contribution in [3.8, 4) is 11.5 Å². The summed E-state index contributed by atoms with van der Waals surface area (Å²) in [7, 11) is 1.63. The molecule has 1 N–H and O–H groups in total. The van der Waals surface area contributed by atoms with E-state index in [1.807, 2.05) is 36.4 Å². The SMILES string of the molecule is COc1ccc(C2Oc3ccc(Cl)cc3C3=C2C(c2ccc(F)cc2)n2ncnc2N3)cc1. The summed E-state index contributed by atoms with van der Waals surface area (Å²) in [6.45, 7) is 0. The van der Waals surface area contributed by atoms with Gasteiger partial charge in [0.1, 0.15) is 35.8 Å². The molecule has 3 aromatic carbocycles. The van der Waals surface area contributed by atoms with Crippen LogP contribution in [0, 0.1) is 5.82 Å². The zero-order chi connectivity index (χ0) is 22.5. The highest BCUT2D eigenvalue weighted by Gasteiger charge is 2.41. The van der Waals surface area contributed by atoms with Crippen molar-refractivity contribution in [3.05, 3.63) is 106 Å². The molecule has 0 spiro atoms. The zero-order valence-corrected chi connectivity index (χ0v) is 18.3. The maximum atomic E-state index is 13.8. The molecule has 2 atom stereocenters. The van der Waals surface area contributed by atoms with Crippen molar-refractivity contribution in [1.82, 2.24) is 14.8 Å². The standard InChI is InChI=1S/C25H18ClFN4O2/c1-32-18-9-4-15(5-10-18)24-21-22(19-12-16(26)6-11-20(19)33-24)30-25-28-13-29-31(25)23(21)14-2-7-17(27)8-3-14/h2-13,23-24H,1H3,(H,28,29,30). The third-order valence-electron chi connectivity index (χ3n) is 5.98. The van der Waals surface area contributed by atoms with Crippen LogP contribution in [0.3, 0.4) is 0 Å². The molecule has 1 aromatic heterocycles. The van der Waals surface area contributed by atoms with Crippen molar-refractivity contribution in [1.29, 1.82) is 0 Å². The highest BCUT2D eigenvalue weighted by Crippen LogP contribution is 2.51. The third kappa shape index (κ3) is 3.24. The first-order chi connectivity index (χ1) is 16.1. The van der Waals surface area contributed by atoms with Gasteiger partial charge in [-0.25, -0.2) is 9.07 Å². The van der Waals surface area contributed by atoms with Gasteiger partial charge in [0.25, 0.3) is 0 Å². The molecule has 0 radical (unpaired) electrons. The summed E-state index contributed by atoms with van der Waals surface area (Å²) in [5.41, 5.74) is 4.43. The fraction of sp³-hybridized carbons (Fsp3) is 0.120. The second kappa shape index (κ2) is 7.64. The Morgan fingerprint density at radius 3 is 2.55 bits per heavy atom. The number of rotatable bonds is 3. The number of fused-ring (bicyclic) bond motifs is 3. The fourth-order valence-electron chi connectivity index (χ4n) is 4.46. The molecule has 0 saturated heterocycles. The Morgan fingerprint density at radius 2 is 1.79 bits per heavy atom. The quantitative estimate of drug-likeness (QED) is 0.428. The van der Waals surface area contributed by atoms with Crippen LogP contribution in [0.1, 0.15) is 28.8 Å². The van der Waals surface area contributed by atoms with Gasteiger partial charge in [0.2, 0.25) is 5.95 Å². The van der Waals surface area contributed by atoms with E-state index in [9.17, 15) is 4.39 Å². The molecule has 4 aromatic rings. The van der Waals surface area contributed by atoms with Gasteiger partial charge in [-0.2, -0.15) is 10.1 Å². The number of nitrogens with one attached hydrogen (secondary N) is 1. The number of hydrogen-bond acceptors (Lipinski definition) is 5. The lowest BCUT2D eigenvalue weighted by molar-refractivity contribution is 0.223. The molecular weight excluding hydrogens is 443 g/mol. The summed E-state index contributed by atoms with van der Waals surface area (Å²) in [6, 6.07) is 19.4. The van der Waals surface area contributed by atoms with Crippen LogP contribution in [-0.4, -0.2) is 21.9 Å². The molecule has 0 saturated carbocycles. The van der Waals surface area contributed by atoms with Gasteiger partial charge in [-0.1, -0.05) is 35.9 Å². The first-order valence-electron chi connectivity index (χ1n) is 10.4. The summed E-state index contributed by atoms with van der Waals surface area (Å²) in [6.07, 6.45) is 1.07. The molecule has 2 aliphatic rings. The van der Waals surface area contributed by atoms with Gasteiger partial charge in [0, 0.05) is 16.2 Å². The van der Waals surface area contributed by atoms with E-state index in [1.54, 1.807) is 30.0 Å². The molecule has 2 aliphatic heterocycles. The van der Waals surface area contributed by atoms with E-state index in [2.05, 4.69) is 15.4 Å². The van der Waals surface area contributed by atoms with Crippen LogP contribution in [0.15, 0.2) is 78.6 Å². The first kappa shape index (κ1) is 19.8. The Hall–Kier alpha value is -3.84. The molecule has 6 nitrogen and oxygen atoms in total. The normalized spacial score (nSPS) is 18.5. The summed E-state index contributed by atoms with van der Waals surface area (Å²) in [5, 5.41) is 8.49. The Kier molecular flexibility index (Phi) is 4.58. The predicted octanol–water partition coefficient (Wildman–Crippen LogP) is 5.64. The minimum atomic E-state index is -0.431. The minimum absolute atomic E-state index is 0.301. The molecule has 8 heteroatoms. The van der Waals surface area contributed by atoms with Crippen molar-refractivity contribution in [3.63, 3.8) is 0 Å². The average Bonchev–Trinajstić information content (AvgIpc) is 3.31. The van der Waals surface area contributed by atoms with Crippen molar-refractivity contribution in [2.24, 2.45) is 0 Å². The number of nitrogens with zero attached hydrogens (tertiary/aromatic N) is 3. The van der Waals surface area contributed by atoms with Crippen LogP contribution in [0.25, 0.3) is 5.70 Å². The van der Waals surface area contributed by atoms with Crippen molar-refractivity contribution in [2.45, 2.75) is 12.1 Å². The first-order valence-corrected chi connectivity index (χ1v) is 10.8. The molecule has 2 unspecified atom stereocenters. The number of hydrogen-bond donors (Lipinski definition) is 1. The molecule has 0 aliphatic carbocycles. The van der Waals surface area contributed by atoms with Crippen LogP contribution >= 0.6 is 11.6 Å². The Balaban J connectivity index is 1.61. The number of benzene rings is 3. The van der Waals surface area contributed by atoms with Gasteiger partial charge in [-0.15, -0.1) is 0 Å². The van der Waals surface area contributed by atoms with Crippen molar-refractivity contribution < 1.29 is 13.9 Å². The van der Waals surface area contributed by atoms with Crippen molar-refractivity contribution >= 4 is 23.2 Å². The van der Waals surface area contributed by atoms with E-state index in [1.165, 1.54) is 18.5 Å². The van der Waals surface area contributed by atoms with Gasteiger partial charge in [-0.05, 0) is 53.6 Å². The van der Waals surface area contributed by atoms with E-state index in [4.69, 9.17) is 21.1 Å². The van der Waals surface area contributed by atoms with Gasteiger partial charge < -0.3 is 14.8 Å². The maximum Gasteiger partial charge on any atom is 0.226 e.